The number of hydrogen-bond acceptors (Lipinski definition) is 4. The molecule has 0 saturated carbocycles. The number of benzene rings is 1. The standard InChI is InChI=1S/C15H23FN2O4S/c1-12-10-18(11-13(2)22-12)23(19,20)17(3)8-9-21-15-7-5-4-6-14(15)16/h4-7,12-13H,8-11H2,1-3H3. The minimum atomic E-state index is -3.58. The lowest BCUT2D eigenvalue weighted by Gasteiger charge is -2.36. The Morgan fingerprint density at radius 2 is 1.91 bits per heavy atom. The highest BCUT2D eigenvalue weighted by Crippen LogP contribution is 2.18. The third kappa shape index (κ3) is 4.63. The van der Waals surface area contributed by atoms with Gasteiger partial charge in [0.1, 0.15) is 6.61 Å². The summed E-state index contributed by atoms with van der Waals surface area (Å²) in [4.78, 5) is 0. The summed E-state index contributed by atoms with van der Waals surface area (Å²) in [5, 5.41) is 0. The summed E-state index contributed by atoms with van der Waals surface area (Å²) in [6, 6.07) is 6.04. The smallest absolute Gasteiger partial charge is 0.282 e. The van der Waals surface area contributed by atoms with E-state index < -0.39 is 16.0 Å². The van der Waals surface area contributed by atoms with Gasteiger partial charge in [0.25, 0.3) is 10.2 Å². The molecule has 1 heterocycles. The molecular weight excluding hydrogens is 323 g/mol. The molecule has 1 aromatic rings. The van der Waals surface area contributed by atoms with Gasteiger partial charge < -0.3 is 9.47 Å². The Hall–Kier alpha value is -1.22. The first kappa shape index (κ1) is 18.1. The first-order chi connectivity index (χ1) is 10.8. The maximum absolute atomic E-state index is 13.4. The molecule has 1 saturated heterocycles. The zero-order valence-electron chi connectivity index (χ0n) is 13.6. The van der Waals surface area contributed by atoms with Crippen LogP contribution in [0.2, 0.25) is 0 Å². The van der Waals surface area contributed by atoms with E-state index in [-0.39, 0.29) is 31.1 Å². The van der Waals surface area contributed by atoms with Crippen LogP contribution in [0.5, 0.6) is 5.75 Å². The van der Waals surface area contributed by atoms with Crippen LogP contribution < -0.4 is 4.74 Å². The van der Waals surface area contributed by atoms with Gasteiger partial charge in [0.05, 0.1) is 12.2 Å². The summed E-state index contributed by atoms with van der Waals surface area (Å²) in [7, 11) is -2.09. The number of hydrogen-bond donors (Lipinski definition) is 0. The van der Waals surface area contributed by atoms with Crippen LogP contribution in [0.25, 0.3) is 0 Å². The third-order valence-corrected chi connectivity index (χ3v) is 5.53. The number of morpholine rings is 1. The van der Waals surface area contributed by atoms with Crippen molar-refractivity contribution in [3.05, 3.63) is 30.1 Å². The molecule has 6 nitrogen and oxygen atoms in total. The van der Waals surface area contributed by atoms with Crippen molar-refractivity contribution in [1.29, 1.82) is 0 Å². The Labute approximate surface area is 137 Å². The average Bonchev–Trinajstić information content (AvgIpc) is 2.48. The summed E-state index contributed by atoms with van der Waals surface area (Å²) in [5.74, 6) is -0.347. The molecule has 1 aliphatic heterocycles. The van der Waals surface area contributed by atoms with Crippen LogP contribution in [0.1, 0.15) is 13.8 Å². The number of para-hydroxylation sites is 1. The maximum Gasteiger partial charge on any atom is 0.282 e. The molecule has 130 valence electrons. The van der Waals surface area contributed by atoms with E-state index >= 15 is 0 Å². The van der Waals surface area contributed by atoms with Gasteiger partial charge in [-0.05, 0) is 26.0 Å². The molecule has 2 atom stereocenters. The molecule has 0 aromatic heterocycles. The Bertz CT molecular complexity index is 616. The lowest BCUT2D eigenvalue weighted by atomic mass is 10.3. The van der Waals surface area contributed by atoms with E-state index in [9.17, 15) is 12.8 Å². The van der Waals surface area contributed by atoms with Gasteiger partial charge in [0.2, 0.25) is 0 Å². The maximum atomic E-state index is 13.4. The zero-order valence-corrected chi connectivity index (χ0v) is 14.4. The average molecular weight is 346 g/mol. The zero-order chi connectivity index (χ0) is 17.0. The molecule has 0 amide bonds. The van der Waals surface area contributed by atoms with Crippen LogP contribution in [0.15, 0.2) is 24.3 Å². The SMILES string of the molecule is CC1CN(S(=O)(=O)N(C)CCOc2ccccc2F)CC(C)O1. The van der Waals surface area contributed by atoms with Crippen LogP contribution >= 0.6 is 0 Å². The van der Waals surface area contributed by atoms with Crippen molar-refractivity contribution in [3.8, 4) is 5.75 Å². The fraction of sp³-hybridized carbons (Fsp3) is 0.600. The molecule has 0 N–H and O–H groups in total. The quantitative estimate of drug-likeness (QED) is 0.783. The van der Waals surface area contributed by atoms with E-state index in [0.29, 0.717) is 13.1 Å². The van der Waals surface area contributed by atoms with Gasteiger partial charge in [0.15, 0.2) is 11.6 Å². The molecular formula is C15H23FN2O4S. The van der Waals surface area contributed by atoms with Crippen LogP contribution in [0, 0.1) is 5.82 Å². The molecule has 0 bridgehead atoms. The lowest BCUT2D eigenvalue weighted by Crippen LogP contribution is -2.52. The first-order valence-electron chi connectivity index (χ1n) is 7.55. The summed E-state index contributed by atoms with van der Waals surface area (Å²) in [6.07, 6.45) is -0.284. The normalized spacial score (nSPS) is 23.2. The van der Waals surface area contributed by atoms with Gasteiger partial charge in [-0.15, -0.1) is 0 Å². The van der Waals surface area contributed by atoms with Crippen molar-refractivity contribution < 1.29 is 22.3 Å². The fourth-order valence-corrected chi connectivity index (χ4v) is 3.97. The van der Waals surface area contributed by atoms with Crippen molar-refractivity contribution in [2.75, 3.05) is 33.3 Å². The second-order valence-electron chi connectivity index (χ2n) is 5.68. The number of ether oxygens (including phenoxy) is 2. The van der Waals surface area contributed by atoms with Crippen molar-refractivity contribution in [3.63, 3.8) is 0 Å². The predicted molar refractivity (Wildman–Crippen MR) is 85.0 cm³/mol. The summed E-state index contributed by atoms with van der Waals surface area (Å²) < 4.78 is 52.0. The minimum Gasteiger partial charge on any atom is -0.489 e. The van der Waals surface area contributed by atoms with Crippen molar-refractivity contribution >= 4 is 10.2 Å². The molecule has 1 fully saturated rings. The van der Waals surface area contributed by atoms with E-state index in [1.165, 1.54) is 27.8 Å². The summed E-state index contributed by atoms with van der Waals surface area (Å²) >= 11 is 0. The monoisotopic (exact) mass is 346 g/mol. The van der Waals surface area contributed by atoms with Crippen molar-refractivity contribution in [1.82, 2.24) is 8.61 Å². The highest BCUT2D eigenvalue weighted by Gasteiger charge is 2.33. The Kier molecular flexibility index (Phi) is 5.96. The fourth-order valence-electron chi connectivity index (χ4n) is 2.48. The molecule has 23 heavy (non-hydrogen) atoms. The molecule has 0 spiro atoms. The molecule has 1 aromatic carbocycles. The molecule has 2 unspecified atom stereocenters. The Morgan fingerprint density at radius 3 is 2.52 bits per heavy atom. The van der Waals surface area contributed by atoms with E-state index in [1.807, 2.05) is 13.8 Å². The van der Waals surface area contributed by atoms with Crippen molar-refractivity contribution in [2.45, 2.75) is 26.1 Å². The number of halogens is 1. The minimum absolute atomic E-state index is 0.0755. The second-order valence-corrected chi connectivity index (χ2v) is 7.72. The largest absolute Gasteiger partial charge is 0.489 e. The first-order valence-corrected chi connectivity index (χ1v) is 8.94. The van der Waals surface area contributed by atoms with Gasteiger partial charge >= 0.3 is 0 Å². The van der Waals surface area contributed by atoms with Crippen molar-refractivity contribution in [2.24, 2.45) is 0 Å². The molecule has 0 radical (unpaired) electrons. The highest BCUT2D eigenvalue weighted by atomic mass is 32.2. The number of rotatable bonds is 6. The van der Waals surface area contributed by atoms with Crippen LogP contribution in [0.4, 0.5) is 4.39 Å². The van der Waals surface area contributed by atoms with E-state index in [4.69, 9.17) is 9.47 Å². The summed E-state index contributed by atoms with van der Waals surface area (Å²) in [6.45, 7) is 4.55. The van der Waals surface area contributed by atoms with Gasteiger partial charge in [-0.2, -0.15) is 17.0 Å². The molecule has 2 rings (SSSR count). The highest BCUT2D eigenvalue weighted by molar-refractivity contribution is 7.86. The number of likely N-dealkylation sites (N-methyl/N-ethyl adjacent to an activating group) is 1. The van der Waals surface area contributed by atoms with Gasteiger partial charge in [-0.25, -0.2) is 4.39 Å². The van der Waals surface area contributed by atoms with Gasteiger partial charge in [-0.3, -0.25) is 0 Å². The predicted octanol–water partition coefficient (Wildman–Crippen LogP) is 1.49. The lowest BCUT2D eigenvalue weighted by molar-refractivity contribution is -0.0453. The number of nitrogens with zero attached hydrogens (tertiary/aromatic N) is 2. The third-order valence-electron chi connectivity index (χ3n) is 3.61. The molecule has 0 aliphatic carbocycles. The van der Waals surface area contributed by atoms with Crippen LogP contribution in [-0.4, -0.2) is 62.5 Å². The van der Waals surface area contributed by atoms with Gasteiger partial charge in [0, 0.05) is 26.7 Å². The van der Waals surface area contributed by atoms with E-state index in [0.717, 1.165) is 0 Å². The molecule has 1 aliphatic rings. The van der Waals surface area contributed by atoms with Gasteiger partial charge in [-0.1, -0.05) is 12.1 Å². The Balaban J connectivity index is 1.91. The van der Waals surface area contributed by atoms with Crippen LogP contribution in [0.3, 0.4) is 0 Å². The topological polar surface area (TPSA) is 59.1 Å². The van der Waals surface area contributed by atoms with Crippen LogP contribution in [-0.2, 0) is 14.9 Å². The Morgan fingerprint density at radius 1 is 1.30 bits per heavy atom. The van der Waals surface area contributed by atoms with E-state index in [2.05, 4.69) is 0 Å². The second kappa shape index (κ2) is 7.57. The molecule has 8 heteroatoms. The van der Waals surface area contributed by atoms with E-state index in [1.54, 1.807) is 12.1 Å². The summed E-state index contributed by atoms with van der Waals surface area (Å²) in [5.41, 5.74) is 0.